The molecule has 0 fully saturated rings. The van der Waals surface area contributed by atoms with Gasteiger partial charge in [0.05, 0.1) is 0 Å². The fraction of sp³-hybridized carbons (Fsp3) is 0.308. The fourth-order valence-corrected chi connectivity index (χ4v) is 3.50. The third-order valence-corrected chi connectivity index (χ3v) is 5.44. The molecule has 3 aromatic rings. The first-order chi connectivity index (χ1) is 13.7. The van der Waals surface area contributed by atoms with E-state index in [0.717, 1.165) is 26.2 Å². The molecular formula is C26H32N2. The van der Waals surface area contributed by atoms with Crippen LogP contribution in [0.2, 0.25) is 0 Å². The number of aryl methyl sites for hydroxylation is 2. The predicted molar refractivity (Wildman–Crippen MR) is 120 cm³/mol. The van der Waals surface area contributed by atoms with Crippen molar-refractivity contribution in [1.82, 2.24) is 10.6 Å². The summed E-state index contributed by atoms with van der Waals surface area (Å²) in [5.74, 6) is 0. The molecule has 28 heavy (non-hydrogen) atoms. The zero-order valence-electron chi connectivity index (χ0n) is 17.2. The number of rotatable bonds is 0. The van der Waals surface area contributed by atoms with Gasteiger partial charge in [-0.2, -0.15) is 0 Å². The second-order valence-corrected chi connectivity index (χ2v) is 7.48. The minimum absolute atomic E-state index is 1.05. The molecule has 2 aliphatic heterocycles. The highest BCUT2D eigenvalue weighted by atomic mass is 14.9. The van der Waals surface area contributed by atoms with E-state index in [1.165, 1.54) is 46.2 Å². The lowest BCUT2D eigenvalue weighted by atomic mass is 10.0. The number of nitrogens with one attached hydrogen (secondary N) is 2. The van der Waals surface area contributed by atoms with E-state index < -0.39 is 0 Å². The number of benzene rings is 3. The Kier molecular flexibility index (Phi) is 7.83. The van der Waals surface area contributed by atoms with Crippen LogP contribution in [-0.4, -0.2) is 13.1 Å². The zero-order chi connectivity index (χ0) is 19.6. The Hall–Kier alpha value is -2.42. The van der Waals surface area contributed by atoms with Crippen molar-refractivity contribution in [2.45, 2.75) is 39.8 Å². The molecule has 0 unspecified atom stereocenters. The van der Waals surface area contributed by atoms with Crippen LogP contribution in [-0.2, 0) is 25.9 Å². The van der Waals surface area contributed by atoms with E-state index in [4.69, 9.17) is 0 Å². The van der Waals surface area contributed by atoms with E-state index in [0.29, 0.717) is 0 Å². The minimum Gasteiger partial charge on any atom is -0.312 e. The summed E-state index contributed by atoms with van der Waals surface area (Å²) < 4.78 is 0. The first-order valence-electron chi connectivity index (χ1n) is 10.3. The molecular weight excluding hydrogens is 340 g/mol. The molecule has 2 N–H and O–H groups in total. The predicted octanol–water partition coefficient (Wildman–Crippen LogP) is 4.97. The van der Waals surface area contributed by atoms with Crippen molar-refractivity contribution < 1.29 is 0 Å². The Bertz CT molecular complexity index is 747. The highest BCUT2D eigenvalue weighted by Crippen LogP contribution is 2.12. The summed E-state index contributed by atoms with van der Waals surface area (Å²) in [6.07, 6.45) is 2.38. The molecule has 2 heteroatoms. The smallest absolute Gasteiger partial charge is 0.0208 e. The summed E-state index contributed by atoms with van der Waals surface area (Å²) in [6.45, 7) is 8.62. The zero-order valence-corrected chi connectivity index (χ0v) is 17.2. The first kappa shape index (κ1) is 20.3. The molecule has 0 saturated carbocycles. The minimum atomic E-state index is 1.05. The molecule has 0 aliphatic carbocycles. The second-order valence-electron chi connectivity index (χ2n) is 7.48. The number of hydrogen-bond acceptors (Lipinski definition) is 2. The summed E-state index contributed by atoms with van der Waals surface area (Å²) in [5.41, 5.74) is 8.70. The van der Waals surface area contributed by atoms with Gasteiger partial charge in [0.1, 0.15) is 0 Å². The van der Waals surface area contributed by atoms with Crippen LogP contribution in [0, 0.1) is 13.8 Å². The highest BCUT2D eigenvalue weighted by molar-refractivity contribution is 5.29. The third-order valence-electron chi connectivity index (χ3n) is 5.44. The van der Waals surface area contributed by atoms with Gasteiger partial charge in [0.2, 0.25) is 0 Å². The SMILES string of the molecule is Cc1ccccc1C.c1ccc2c(c1)CCNC2.c1ccc2c(c1)CCNC2. The molecule has 0 radical (unpaired) electrons. The van der Waals surface area contributed by atoms with Crippen LogP contribution in [0.5, 0.6) is 0 Å². The average Bonchev–Trinajstić information content (AvgIpc) is 2.77. The Balaban J connectivity index is 0.000000122. The first-order valence-corrected chi connectivity index (χ1v) is 10.3. The van der Waals surface area contributed by atoms with Crippen molar-refractivity contribution in [2.24, 2.45) is 0 Å². The van der Waals surface area contributed by atoms with Crippen LogP contribution in [0.15, 0.2) is 72.8 Å². The average molecular weight is 373 g/mol. The second kappa shape index (κ2) is 10.8. The van der Waals surface area contributed by atoms with Gasteiger partial charge in [0.25, 0.3) is 0 Å². The third kappa shape index (κ3) is 6.05. The van der Waals surface area contributed by atoms with Crippen LogP contribution in [0.3, 0.4) is 0 Å². The molecule has 5 rings (SSSR count). The summed E-state index contributed by atoms with van der Waals surface area (Å²) in [7, 11) is 0. The lowest BCUT2D eigenvalue weighted by Gasteiger charge is -2.15. The maximum atomic E-state index is 3.34. The van der Waals surface area contributed by atoms with Crippen LogP contribution in [0.1, 0.15) is 33.4 Å². The van der Waals surface area contributed by atoms with Gasteiger partial charge in [-0.05, 0) is 73.2 Å². The van der Waals surface area contributed by atoms with Crippen molar-refractivity contribution in [1.29, 1.82) is 0 Å². The van der Waals surface area contributed by atoms with E-state index >= 15 is 0 Å². The molecule has 2 nitrogen and oxygen atoms in total. The highest BCUT2D eigenvalue weighted by Gasteiger charge is 2.05. The van der Waals surface area contributed by atoms with Gasteiger partial charge in [0, 0.05) is 13.1 Å². The molecule has 2 heterocycles. The number of fused-ring (bicyclic) bond motifs is 2. The summed E-state index contributed by atoms with van der Waals surface area (Å²) in [5, 5.41) is 6.68. The van der Waals surface area contributed by atoms with Crippen LogP contribution in [0.25, 0.3) is 0 Å². The normalized spacial score (nSPS) is 14.4. The van der Waals surface area contributed by atoms with E-state index in [1.54, 1.807) is 0 Å². The van der Waals surface area contributed by atoms with Gasteiger partial charge in [-0.1, -0.05) is 72.8 Å². The van der Waals surface area contributed by atoms with E-state index in [2.05, 4.69) is 97.3 Å². The van der Waals surface area contributed by atoms with E-state index in [-0.39, 0.29) is 0 Å². The van der Waals surface area contributed by atoms with Crippen molar-refractivity contribution in [3.8, 4) is 0 Å². The lowest BCUT2D eigenvalue weighted by molar-refractivity contribution is 0.644. The number of hydrogen-bond donors (Lipinski definition) is 2. The maximum absolute atomic E-state index is 3.34. The Morgan fingerprint density at radius 1 is 0.500 bits per heavy atom. The van der Waals surface area contributed by atoms with Gasteiger partial charge in [-0.15, -0.1) is 0 Å². The fourth-order valence-electron chi connectivity index (χ4n) is 3.50. The lowest BCUT2D eigenvalue weighted by Crippen LogP contribution is -2.23. The quantitative estimate of drug-likeness (QED) is 0.582. The molecule has 146 valence electrons. The van der Waals surface area contributed by atoms with Crippen molar-refractivity contribution in [2.75, 3.05) is 13.1 Å². The summed E-state index contributed by atoms with van der Waals surface area (Å²) in [4.78, 5) is 0. The topological polar surface area (TPSA) is 24.1 Å². The maximum Gasteiger partial charge on any atom is 0.0208 e. The van der Waals surface area contributed by atoms with E-state index in [9.17, 15) is 0 Å². The van der Waals surface area contributed by atoms with Gasteiger partial charge in [0.15, 0.2) is 0 Å². The molecule has 2 aliphatic rings. The summed E-state index contributed by atoms with van der Waals surface area (Å²) in [6, 6.07) is 25.6. The molecule has 0 aromatic heterocycles. The standard InChI is InChI=1S/2C9H11N.C8H10/c2*1-2-4-9-7-10-6-5-8(9)3-1;1-7-5-3-4-6-8(7)2/h2*1-4,10H,5-7H2;3-6H,1-2H3. The Morgan fingerprint density at radius 2 is 0.857 bits per heavy atom. The molecule has 0 spiro atoms. The van der Waals surface area contributed by atoms with Gasteiger partial charge >= 0.3 is 0 Å². The van der Waals surface area contributed by atoms with Crippen LogP contribution in [0.4, 0.5) is 0 Å². The van der Waals surface area contributed by atoms with Crippen LogP contribution < -0.4 is 10.6 Å². The van der Waals surface area contributed by atoms with Gasteiger partial charge in [-0.25, -0.2) is 0 Å². The summed E-state index contributed by atoms with van der Waals surface area (Å²) >= 11 is 0. The van der Waals surface area contributed by atoms with Gasteiger partial charge < -0.3 is 10.6 Å². The molecule has 0 saturated heterocycles. The Labute approximate surface area is 170 Å². The molecule has 0 atom stereocenters. The van der Waals surface area contributed by atoms with Crippen molar-refractivity contribution in [3.05, 3.63) is 106 Å². The molecule has 3 aromatic carbocycles. The molecule has 0 amide bonds. The van der Waals surface area contributed by atoms with Crippen molar-refractivity contribution in [3.63, 3.8) is 0 Å². The van der Waals surface area contributed by atoms with Gasteiger partial charge in [-0.3, -0.25) is 0 Å². The largest absolute Gasteiger partial charge is 0.312 e. The van der Waals surface area contributed by atoms with E-state index in [1.807, 2.05) is 0 Å². The van der Waals surface area contributed by atoms with Crippen LogP contribution >= 0.6 is 0 Å². The molecule has 0 bridgehead atoms. The monoisotopic (exact) mass is 372 g/mol. The Morgan fingerprint density at radius 3 is 1.21 bits per heavy atom. The van der Waals surface area contributed by atoms with Crippen molar-refractivity contribution >= 4 is 0 Å².